The van der Waals surface area contributed by atoms with E-state index < -0.39 is 0 Å². The summed E-state index contributed by atoms with van der Waals surface area (Å²) in [6.07, 6.45) is 1.77. The summed E-state index contributed by atoms with van der Waals surface area (Å²) in [6.45, 7) is 0. The van der Waals surface area contributed by atoms with E-state index in [0.717, 1.165) is 11.3 Å². The van der Waals surface area contributed by atoms with Crippen LogP contribution in [0.1, 0.15) is 5.56 Å². The van der Waals surface area contributed by atoms with Gasteiger partial charge in [-0.25, -0.2) is 0 Å². The molecule has 0 bridgehead atoms. The SMILES string of the molecule is O=C1/C(=C/c2ccccc2Cl)SC(=S)N1c1ccc(Oc2ccccc2)cc1. The molecule has 6 heteroatoms. The molecule has 4 rings (SSSR count). The summed E-state index contributed by atoms with van der Waals surface area (Å²) in [7, 11) is 0. The molecule has 1 heterocycles. The zero-order valence-electron chi connectivity index (χ0n) is 14.5. The number of amides is 1. The molecule has 3 aromatic rings. The molecule has 0 spiro atoms. The van der Waals surface area contributed by atoms with Gasteiger partial charge in [0.1, 0.15) is 11.5 Å². The summed E-state index contributed by atoms with van der Waals surface area (Å²) >= 11 is 12.9. The van der Waals surface area contributed by atoms with E-state index in [1.165, 1.54) is 16.7 Å². The molecule has 1 saturated heterocycles. The van der Waals surface area contributed by atoms with Gasteiger partial charge in [-0.2, -0.15) is 0 Å². The van der Waals surface area contributed by atoms with Crippen LogP contribution in [-0.2, 0) is 4.79 Å². The van der Waals surface area contributed by atoms with E-state index in [1.54, 1.807) is 12.1 Å². The number of nitrogens with zero attached hydrogens (tertiary/aromatic N) is 1. The van der Waals surface area contributed by atoms with Gasteiger partial charge in [0.15, 0.2) is 4.32 Å². The Labute approximate surface area is 177 Å². The Hall–Kier alpha value is -2.60. The standard InChI is InChI=1S/C22H14ClNO2S2/c23-19-9-5-4-6-15(19)14-20-21(25)24(22(27)28-20)16-10-12-18(13-11-16)26-17-7-2-1-3-8-17/h1-14H/b20-14-. The number of thiocarbonyl (C=S) groups is 1. The van der Waals surface area contributed by atoms with Crippen molar-refractivity contribution in [1.29, 1.82) is 0 Å². The third-order valence-corrected chi connectivity index (χ3v) is 5.71. The van der Waals surface area contributed by atoms with Crippen LogP contribution in [0.4, 0.5) is 5.69 Å². The second-order valence-electron chi connectivity index (χ2n) is 5.95. The molecule has 0 radical (unpaired) electrons. The summed E-state index contributed by atoms with van der Waals surface area (Å²) in [4.78, 5) is 14.9. The van der Waals surface area contributed by atoms with Gasteiger partial charge < -0.3 is 4.74 Å². The van der Waals surface area contributed by atoms with E-state index in [0.29, 0.717) is 25.7 Å². The average molecular weight is 424 g/mol. The van der Waals surface area contributed by atoms with E-state index in [2.05, 4.69) is 0 Å². The molecule has 0 N–H and O–H groups in total. The molecule has 1 amide bonds. The van der Waals surface area contributed by atoms with Crippen molar-refractivity contribution in [3.05, 3.63) is 94.4 Å². The van der Waals surface area contributed by atoms with Crippen LogP contribution in [0.15, 0.2) is 83.8 Å². The smallest absolute Gasteiger partial charge is 0.270 e. The molecule has 28 heavy (non-hydrogen) atoms. The first kappa shape index (κ1) is 18.7. The Morgan fingerprint density at radius 1 is 0.893 bits per heavy atom. The molecule has 3 aromatic carbocycles. The van der Waals surface area contributed by atoms with Gasteiger partial charge in [0.25, 0.3) is 5.91 Å². The Morgan fingerprint density at radius 2 is 1.54 bits per heavy atom. The maximum absolute atomic E-state index is 12.9. The van der Waals surface area contributed by atoms with Gasteiger partial charge in [0, 0.05) is 5.02 Å². The van der Waals surface area contributed by atoms with Crippen LogP contribution >= 0.6 is 35.6 Å². The highest BCUT2D eigenvalue weighted by atomic mass is 35.5. The Balaban J connectivity index is 1.55. The van der Waals surface area contributed by atoms with Crippen molar-refractivity contribution < 1.29 is 9.53 Å². The van der Waals surface area contributed by atoms with E-state index in [1.807, 2.05) is 72.8 Å². The second-order valence-corrected chi connectivity index (χ2v) is 8.03. The fraction of sp³-hybridized carbons (Fsp3) is 0. The maximum Gasteiger partial charge on any atom is 0.270 e. The minimum Gasteiger partial charge on any atom is -0.457 e. The van der Waals surface area contributed by atoms with Gasteiger partial charge in [-0.3, -0.25) is 9.69 Å². The average Bonchev–Trinajstić information content (AvgIpc) is 2.98. The molecule has 1 aliphatic heterocycles. The van der Waals surface area contributed by atoms with Gasteiger partial charge in [-0.15, -0.1) is 0 Å². The second kappa shape index (κ2) is 8.19. The first-order valence-corrected chi connectivity index (χ1v) is 10.1. The van der Waals surface area contributed by atoms with Crippen LogP contribution in [0.2, 0.25) is 5.02 Å². The number of ether oxygens (including phenoxy) is 1. The molecule has 1 fully saturated rings. The molecule has 0 saturated carbocycles. The highest BCUT2D eigenvalue weighted by Gasteiger charge is 2.33. The molecule has 0 aromatic heterocycles. The number of anilines is 1. The number of thioether (sulfide) groups is 1. The number of hydrogen-bond acceptors (Lipinski definition) is 4. The monoisotopic (exact) mass is 423 g/mol. The lowest BCUT2D eigenvalue weighted by Gasteiger charge is -2.15. The summed E-state index contributed by atoms with van der Waals surface area (Å²) in [5.74, 6) is 1.28. The zero-order chi connectivity index (χ0) is 19.5. The number of carbonyl (C=O) groups excluding carboxylic acids is 1. The van der Waals surface area contributed by atoms with Crippen molar-refractivity contribution >= 4 is 57.6 Å². The highest BCUT2D eigenvalue weighted by Crippen LogP contribution is 2.37. The molecule has 0 aliphatic carbocycles. The lowest BCUT2D eigenvalue weighted by Crippen LogP contribution is -2.27. The fourth-order valence-electron chi connectivity index (χ4n) is 2.71. The topological polar surface area (TPSA) is 29.5 Å². The number of carbonyl (C=O) groups is 1. The first-order chi connectivity index (χ1) is 13.6. The molecule has 0 atom stereocenters. The van der Waals surface area contributed by atoms with Crippen LogP contribution in [0.5, 0.6) is 11.5 Å². The van der Waals surface area contributed by atoms with Crippen molar-refractivity contribution in [2.45, 2.75) is 0 Å². The van der Waals surface area contributed by atoms with Gasteiger partial charge in [0.2, 0.25) is 0 Å². The Kier molecular flexibility index (Phi) is 5.48. The molecule has 1 aliphatic rings. The van der Waals surface area contributed by atoms with Gasteiger partial charge in [0.05, 0.1) is 10.6 Å². The predicted molar refractivity (Wildman–Crippen MR) is 120 cm³/mol. The highest BCUT2D eigenvalue weighted by molar-refractivity contribution is 8.27. The number of benzene rings is 3. The fourth-order valence-corrected chi connectivity index (χ4v) is 4.19. The predicted octanol–water partition coefficient (Wildman–Crippen LogP) is 6.54. The third-order valence-electron chi connectivity index (χ3n) is 4.06. The lowest BCUT2D eigenvalue weighted by molar-refractivity contribution is -0.113. The van der Waals surface area contributed by atoms with Crippen LogP contribution in [-0.4, -0.2) is 10.2 Å². The quantitative estimate of drug-likeness (QED) is 0.352. The van der Waals surface area contributed by atoms with E-state index in [9.17, 15) is 4.79 Å². The van der Waals surface area contributed by atoms with Gasteiger partial charge >= 0.3 is 0 Å². The number of para-hydroxylation sites is 1. The summed E-state index contributed by atoms with van der Waals surface area (Å²) < 4.78 is 6.28. The molecule has 0 unspecified atom stereocenters. The Bertz CT molecular complexity index is 1070. The number of halogens is 1. The van der Waals surface area contributed by atoms with Crippen LogP contribution < -0.4 is 9.64 Å². The normalized spacial score (nSPS) is 15.3. The summed E-state index contributed by atoms with van der Waals surface area (Å²) in [5, 5.41) is 0.593. The van der Waals surface area contributed by atoms with Crippen LogP contribution in [0, 0.1) is 0 Å². The first-order valence-electron chi connectivity index (χ1n) is 8.47. The lowest BCUT2D eigenvalue weighted by atomic mass is 10.2. The number of hydrogen-bond donors (Lipinski definition) is 0. The van der Waals surface area contributed by atoms with Gasteiger partial charge in [-0.1, -0.05) is 72.0 Å². The summed E-state index contributed by atoms with van der Waals surface area (Å²) in [5.41, 5.74) is 1.49. The third kappa shape index (κ3) is 3.97. The molecule has 138 valence electrons. The molecular weight excluding hydrogens is 410 g/mol. The largest absolute Gasteiger partial charge is 0.457 e. The minimum atomic E-state index is -0.161. The van der Waals surface area contributed by atoms with Crippen LogP contribution in [0.25, 0.3) is 6.08 Å². The van der Waals surface area contributed by atoms with E-state index >= 15 is 0 Å². The van der Waals surface area contributed by atoms with Crippen molar-refractivity contribution in [3.8, 4) is 11.5 Å². The Morgan fingerprint density at radius 3 is 2.25 bits per heavy atom. The summed E-state index contributed by atoms with van der Waals surface area (Å²) in [6, 6.07) is 24.2. The van der Waals surface area contributed by atoms with Crippen molar-refractivity contribution in [2.24, 2.45) is 0 Å². The molecule has 3 nitrogen and oxygen atoms in total. The van der Waals surface area contributed by atoms with Crippen molar-refractivity contribution in [1.82, 2.24) is 0 Å². The zero-order valence-corrected chi connectivity index (χ0v) is 16.9. The maximum atomic E-state index is 12.9. The van der Waals surface area contributed by atoms with E-state index in [4.69, 9.17) is 28.6 Å². The molecular formula is C22H14ClNO2S2. The van der Waals surface area contributed by atoms with E-state index in [-0.39, 0.29) is 5.91 Å². The van der Waals surface area contributed by atoms with Crippen molar-refractivity contribution in [2.75, 3.05) is 4.90 Å². The minimum absolute atomic E-state index is 0.161. The van der Waals surface area contributed by atoms with Gasteiger partial charge in [-0.05, 0) is 54.1 Å². The number of rotatable bonds is 4. The van der Waals surface area contributed by atoms with Crippen molar-refractivity contribution in [3.63, 3.8) is 0 Å². The van der Waals surface area contributed by atoms with Crippen LogP contribution in [0.3, 0.4) is 0 Å².